The number of nitrogens with one attached hydrogen (secondary N) is 1. The second-order valence-electron chi connectivity index (χ2n) is 7.70. The van der Waals surface area contributed by atoms with Crippen LogP contribution in [0.1, 0.15) is 64.5 Å². The summed E-state index contributed by atoms with van der Waals surface area (Å²) in [6, 6.07) is 13.3. The van der Waals surface area contributed by atoms with Gasteiger partial charge in [-0.1, -0.05) is 45.9 Å². The average Bonchev–Trinajstić information content (AvgIpc) is 2.66. The lowest BCUT2D eigenvalue weighted by molar-refractivity contribution is -0.120. The molecule has 0 aliphatic rings. The van der Waals surface area contributed by atoms with Gasteiger partial charge in [0.05, 0.1) is 6.61 Å². The number of hydrogen-bond acceptors (Lipinski definition) is 3. The van der Waals surface area contributed by atoms with Crippen LogP contribution in [0.25, 0.3) is 0 Å². The Bertz CT molecular complexity index is 815. The fraction of sp³-hybridized carbons (Fsp3) is 0.417. The van der Waals surface area contributed by atoms with E-state index in [2.05, 4.69) is 33.0 Å². The Labute approximate surface area is 174 Å². The zero-order chi connectivity index (χ0) is 21.6. The van der Waals surface area contributed by atoms with Crippen molar-refractivity contribution in [1.82, 2.24) is 0 Å². The van der Waals surface area contributed by atoms with E-state index in [0.717, 1.165) is 22.6 Å². The number of nitrogens with zero attached hydrogens (tertiary/aromatic N) is 1. The molecule has 29 heavy (non-hydrogen) atoms. The highest BCUT2D eigenvalue weighted by atomic mass is 16.5. The van der Waals surface area contributed by atoms with Crippen LogP contribution >= 0.6 is 0 Å². The predicted octanol–water partition coefficient (Wildman–Crippen LogP) is 5.32. The minimum absolute atomic E-state index is 0.0483. The van der Waals surface area contributed by atoms with Gasteiger partial charge in [0.15, 0.2) is 0 Å². The number of carbonyl (C=O) groups is 2. The lowest BCUT2D eigenvalue weighted by Gasteiger charge is -2.24. The van der Waals surface area contributed by atoms with Gasteiger partial charge in [-0.05, 0) is 54.2 Å². The van der Waals surface area contributed by atoms with E-state index in [4.69, 9.17) is 4.74 Å². The summed E-state index contributed by atoms with van der Waals surface area (Å²) in [6.07, 6.45) is 0. The Morgan fingerprint density at radius 3 is 1.97 bits per heavy atom. The van der Waals surface area contributed by atoms with Crippen molar-refractivity contribution in [3.8, 4) is 5.75 Å². The molecule has 5 nitrogen and oxygen atoms in total. The number of ether oxygens (including phenoxy) is 1. The lowest BCUT2D eigenvalue weighted by atomic mass is 9.92. The summed E-state index contributed by atoms with van der Waals surface area (Å²) in [4.78, 5) is 26.6. The van der Waals surface area contributed by atoms with Crippen LogP contribution in [0.5, 0.6) is 5.75 Å². The van der Waals surface area contributed by atoms with E-state index in [1.807, 2.05) is 25.1 Å². The molecule has 2 aromatic rings. The molecule has 0 radical (unpaired) electrons. The van der Waals surface area contributed by atoms with Gasteiger partial charge in [0, 0.05) is 18.3 Å². The van der Waals surface area contributed by atoms with Crippen molar-refractivity contribution in [1.29, 1.82) is 0 Å². The molecule has 0 aliphatic heterocycles. The summed E-state index contributed by atoms with van der Waals surface area (Å²) in [6.45, 7) is 12.3. The number of carbonyl (C=O) groups excluding carboxylic acids is 2. The Morgan fingerprint density at radius 1 is 0.966 bits per heavy atom. The molecule has 0 unspecified atom stereocenters. The Morgan fingerprint density at radius 2 is 1.52 bits per heavy atom. The number of anilines is 2. The van der Waals surface area contributed by atoms with Crippen molar-refractivity contribution >= 4 is 23.2 Å². The van der Waals surface area contributed by atoms with E-state index < -0.39 is 0 Å². The van der Waals surface area contributed by atoms with Crippen LogP contribution in [0.15, 0.2) is 42.5 Å². The fourth-order valence-electron chi connectivity index (χ4n) is 3.29. The molecule has 0 aliphatic carbocycles. The van der Waals surface area contributed by atoms with E-state index in [-0.39, 0.29) is 30.2 Å². The molecule has 0 atom stereocenters. The summed E-state index contributed by atoms with van der Waals surface area (Å²) < 4.78 is 5.45. The molecule has 2 aromatic carbocycles. The largest absolute Gasteiger partial charge is 0.494 e. The average molecular weight is 397 g/mol. The number of benzene rings is 2. The first-order valence-corrected chi connectivity index (χ1v) is 10.2. The molecular formula is C24H32N2O3. The molecule has 0 bridgehead atoms. The van der Waals surface area contributed by atoms with Crippen molar-refractivity contribution in [3.63, 3.8) is 0 Å². The molecule has 0 spiro atoms. The molecule has 5 heteroatoms. The second-order valence-corrected chi connectivity index (χ2v) is 7.70. The third-order valence-electron chi connectivity index (χ3n) is 4.78. The molecule has 0 saturated heterocycles. The molecule has 0 aromatic heterocycles. The fourth-order valence-corrected chi connectivity index (χ4v) is 3.29. The van der Waals surface area contributed by atoms with Crippen LogP contribution in [0.2, 0.25) is 0 Å². The van der Waals surface area contributed by atoms with Crippen LogP contribution in [0.4, 0.5) is 11.4 Å². The van der Waals surface area contributed by atoms with Gasteiger partial charge >= 0.3 is 0 Å². The molecule has 1 N–H and O–H groups in total. The topological polar surface area (TPSA) is 58.6 Å². The molecule has 2 amide bonds. The molecule has 0 heterocycles. The predicted molar refractivity (Wildman–Crippen MR) is 119 cm³/mol. The highest BCUT2D eigenvalue weighted by Gasteiger charge is 2.20. The number of para-hydroxylation sites is 1. The minimum atomic E-state index is -0.218. The summed E-state index contributed by atoms with van der Waals surface area (Å²) in [5, 5.41) is 3.07. The second kappa shape index (κ2) is 10.1. The van der Waals surface area contributed by atoms with Crippen LogP contribution < -0.4 is 15.0 Å². The van der Waals surface area contributed by atoms with Crippen LogP contribution in [-0.2, 0) is 9.59 Å². The third kappa shape index (κ3) is 5.83. The van der Waals surface area contributed by atoms with Crippen molar-refractivity contribution < 1.29 is 14.3 Å². The van der Waals surface area contributed by atoms with E-state index in [0.29, 0.717) is 12.3 Å². The standard InChI is InChI=1S/C24H32N2O3/c1-7-29-20-13-11-19(12-14-20)26(18(6)27)15-23(28)25-24-21(16(2)3)9-8-10-22(24)17(4)5/h8-14,16-17H,7,15H2,1-6H3,(H,25,28). The highest BCUT2D eigenvalue weighted by Crippen LogP contribution is 2.32. The van der Waals surface area contributed by atoms with Crippen LogP contribution in [-0.4, -0.2) is 25.0 Å². The maximum atomic E-state index is 12.9. The summed E-state index contributed by atoms with van der Waals surface area (Å²) in [7, 11) is 0. The Balaban J connectivity index is 2.25. The van der Waals surface area contributed by atoms with Crippen molar-refractivity contribution in [3.05, 3.63) is 53.6 Å². The van der Waals surface area contributed by atoms with Crippen LogP contribution in [0, 0.1) is 0 Å². The van der Waals surface area contributed by atoms with Gasteiger partial charge in [-0.2, -0.15) is 0 Å². The molecule has 156 valence electrons. The minimum Gasteiger partial charge on any atom is -0.494 e. The number of hydrogen-bond donors (Lipinski definition) is 1. The molecular weight excluding hydrogens is 364 g/mol. The smallest absolute Gasteiger partial charge is 0.244 e. The quantitative estimate of drug-likeness (QED) is 0.657. The maximum Gasteiger partial charge on any atom is 0.244 e. The highest BCUT2D eigenvalue weighted by molar-refractivity contribution is 6.02. The molecule has 0 saturated carbocycles. The van der Waals surface area contributed by atoms with E-state index in [1.165, 1.54) is 11.8 Å². The molecule has 0 fully saturated rings. The first-order chi connectivity index (χ1) is 13.7. The summed E-state index contributed by atoms with van der Waals surface area (Å²) in [5.41, 5.74) is 3.72. The lowest BCUT2D eigenvalue weighted by Crippen LogP contribution is -2.37. The number of amides is 2. The zero-order valence-corrected chi connectivity index (χ0v) is 18.3. The van der Waals surface area contributed by atoms with Gasteiger partial charge in [-0.3, -0.25) is 9.59 Å². The van der Waals surface area contributed by atoms with Gasteiger partial charge in [-0.15, -0.1) is 0 Å². The van der Waals surface area contributed by atoms with Crippen molar-refractivity contribution in [2.45, 2.75) is 53.4 Å². The summed E-state index contributed by atoms with van der Waals surface area (Å²) in [5.74, 6) is 0.879. The van der Waals surface area contributed by atoms with E-state index in [9.17, 15) is 9.59 Å². The first kappa shape index (κ1) is 22.5. The van der Waals surface area contributed by atoms with Crippen molar-refractivity contribution in [2.24, 2.45) is 0 Å². The number of rotatable bonds is 8. The van der Waals surface area contributed by atoms with Gasteiger partial charge in [0.2, 0.25) is 11.8 Å². The SMILES string of the molecule is CCOc1ccc(N(CC(=O)Nc2c(C(C)C)cccc2C(C)C)C(C)=O)cc1. The molecule has 2 rings (SSSR count). The zero-order valence-electron chi connectivity index (χ0n) is 18.3. The monoisotopic (exact) mass is 396 g/mol. The van der Waals surface area contributed by atoms with Gasteiger partial charge in [0.25, 0.3) is 0 Å². The van der Waals surface area contributed by atoms with Crippen LogP contribution in [0.3, 0.4) is 0 Å². The van der Waals surface area contributed by atoms with Crippen molar-refractivity contribution in [2.75, 3.05) is 23.4 Å². The van der Waals surface area contributed by atoms with E-state index >= 15 is 0 Å². The normalized spacial score (nSPS) is 10.9. The first-order valence-electron chi connectivity index (χ1n) is 10.2. The van der Waals surface area contributed by atoms with Gasteiger partial charge < -0.3 is 15.0 Å². The van der Waals surface area contributed by atoms with Gasteiger partial charge in [-0.25, -0.2) is 0 Å². The van der Waals surface area contributed by atoms with Gasteiger partial charge in [0.1, 0.15) is 12.3 Å². The Hall–Kier alpha value is -2.82. The van der Waals surface area contributed by atoms with E-state index in [1.54, 1.807) is 24.3 Å². The maximum absolute atomic E-state index is 12.9. The third-order valence-corrected chi connectivity index (χ3v) is 4.78. The Kier molecular flexibility index (Phi) is 7.82. The summed E-state index contributed by atoms with van der Waals surface area (Å²) >= 11 is 0.